The monoisotopic (exact) mass is 420 g/mol. The van der Waals surface area contributed by atoms with Crippen molar-refractivity contribution in [3.8, 4) is 0 Å². The number of benzene rings is 3. The second-order valence-corrected chi connectivity index (χ2v) is 6.94. The molecular formula is C24H25FN4O2. The molecule has 7 heteroatoms. The number of carbonyl (C=O) groups is 2. The van der Waals surface area contributed by atoms with Crippen LogP contribution in [0.4, 0.5) is 27.1 Å². The van der Waals surface area contributed by atoms with Crippen LogP contribution in [0.5, 0.6) is 0 Å². The third kappa shape index (κ3) is 5.39. The Kier molecular flexibility index (Phi) is 6.87. The van der Waals surface area contributed by atoms with E-state index in [2.05, 4.69) is 10.6 Å². The maximum absolute atomic E-state index is 13.1. The van der Waals surface area contributed by atoms with E-state index in [9.17, 15) is 14.0 Å². The molecule has 4 N–H and O–H groups in total. The second-order valence-electron chi connectivity index (χ2n) is 6.94. The summed E-state index contributed by atoms with van der Waals surface area (Å²) in [7, 11) is 0. The molecule has 0 saturated heterocycles. The first-order chi connectivity index (χ1) is 14.9. The molecule has 0 unspecified atom stereocenters. The Morgan fingerprint density at radius 3 is 2.06 bits per heavy atom. The minimum Gasteiger partial charge on any atom is -0.397 e. The van der Waals surface area contributed by atoms with Gasteiger partial charge in [0.25, 0.3) is 11.8 Å². The van der Waals surface area contributed by atoms with E-state index in [1.54, 1.807) is 59.5 Å². The van der Waals surface area contributed by atoms with Crippen molar-refractivity contribution in [2.24, 2.45) is 0 Å². The van der Waals surface area contributed by atoms with E-state index in [-0.39, 0.29) is 17.6 Å². The SMILES string of the molecule is CCN(CC)C(=O)c1ccc(NC(=O)c2ccc(N)c(Nc3ccc(F)cc3)c2)cc1. The minimum atomic E-state index is -0.337. The van der Waals surface area contributed by atoms with Gasteiger partial charge in [-0.2, -0.15) is 0 Å². The van der Waals surface area contributed by atoms with E-state index in [0.717, 1.165) is 0 Å². The van der Waals surface area contributed by atoms with Gasteiger partial charge in [0.2, 0.25) is 0 Å². The fourth-order valence-corrected chi connectivity index (χ4v) is 3.09. The van der Waals surface area contributed by atoms with Gasteiger partial charge in [0.05, 0.1) is 11.4 Å². The van der Waals surface area contributed by atoms with E-state index < -0.39 is 0 Å². The lowest BCUT2D eigenvalue weighted by atomic mass is 10.1. The third-order valence-corrected chi connectivity index (χ3v) is 4.88. The molecule has 0 aliphatic carbocycles. The van der Waals surface area contributed by atoms with Crippen LogP contribution < -0.4 is 16.4 Å². The molecule has 0 saturated carbocycles. The zero-order valence-electron chi connectivity index (χ0n) is 17.5. The Hall–Kier alpha value is -3.87. The lowest BCUT2D eigenvalue weighted by molar-refractivity contribution is 0.0773. The summed E-state index contributed by atoms with van der Waals surface area (Å²) in [5, 5.41) is 5.90. The molecule has 0 aromatic heterocycles. The van der Waals surface area contributed by atoms with Crippen LogP contribution in [0.1, 0.15) is 34.6 Å². The predicted octanol–water partition coefficient (Wildman–Crippen LogP) is 4.89. The van der Waals surface area contributed by atoms with Gasteiger partial charge in [-0.15, -0.1) is 0 Å². The summed E-state index contributed by atoms with van der Waals surface area (Å²) in [6.07, 6.45) is 0. The van der Waals surface area contributed by atoms with Gasteiger partial charge < -0.3 is 21.3 Å². The van der Waals surface area contributed by atoms with Crippen LogP contribution in [0.25, 0.3) is 0 Å². The van der Waals surface area contributed by atoms with E-state index in [4.69, 9.17) is 5.73 Å². The number of amides is 2. The summed E-state index contributed by atoms with van der Waals surface area (Å²) in [6, 6.07) is 17.5. The normalized spacial score (nSPS) is 10.4. The molecule has 0 bridgehead atoms. The fraction of sp³-hybridized carbons (Fsp3) is 0.167. The Labute approximate surface area is 180 Å². The van der Waals surface area contributed by atoms with Crippen molar-refractivity contribution < 1.29 is 14.0 Å². The number of hydrogen-bond donors (Lipinski definition) is 3. The predicted molar refractivity (Wildman–Crippen MR) is 122 cm³/mol. The largest absolute Gasteiger partial charge is 0.397 e. The maximum atomic E-state index is 13.1. The molecule has 0 atom stereocenters. The van der Waals surface area contributed by atoms with Crippen molar-refractivity contribution in [1.82, 2.24) is 4.90 Å². The van der Waals surface area contributed by atoms with Crippen LogP contribution in [0.3, 0.4) is 0 Å². The van der Waals surface area contributed by atoms with E-state index >= 15 is 0 Å². The molecule has 31 heavy (non-hydrogen) atoms. The van der Waals surface area contributed by atoms with Crippen LogP contribution in [0.15, 0.2) is 66.7 Å². The number of halogens is 1. The number of nitrogens with two attached hydrogens (primary N) is 1. The van der Waals surface area contributed by atoms with Crippen molar-refractivity contribution >= 4 is 34.6 Å². The first-order valence-corrected chi connectivity index (χ1v) is 10.0. The lowest BCUT2D eigenvalue weighted by Crippen LogP contribution is -2.30. The average Bonchev–Trinajstić information content (AvgIpc) is 2.78. The van der Waals surface area contributed by atoms with Crippen molar-refractivity contribution in [1.29, 1.82) is 0 Å². The van der Waals surface area contributed by atoms with Crippen molar-refractivity contribution in [2.45, 2.75) is 13.8 Å². The highest BCUT2D eigenvalue weighted by Gasteiger charge is 2.13. The Morgan fingerprint density at radius 2 is 1.45 bits per heavy atom. The van der Waals surface area contributed by atoms with E-state index in [0.29, 0.717) is 47.0 Å². The van der Waals surface area contributed by atoms with Gasteiger partial charge >= 0.3 is 0 Å². The quantitative estimate of drug-likeness (QED) is 0.475. The van der Waals surface area contributed by atoms with Gasteiger partial charge in [0, 0.05) is 35.6 Å². The van der Waals surface area contributed by atoms with Crippen molar-refractivity contribution in [3.05, 3.63) is 83.7 Å². The van der Waals surface area contributed by atoms with Crippen LogP contribution in [-0.2, 0) is 0 Å². The molecule has 3 rings (SSSR count). The van der Waals surface area contributed by atoms with Crippen LogP contribution in [0, 0.1) is 5.82 Å². The molecule has 2 amide bonds. The molecule has 0 aliphatic heterocycles. The summed E-state index contributed by atoms with van der Waals surface area (Å²) < 4.78 is 13.1. The van der Waals surface area contributed by atoms with Crippen LogP contribution in [0.2, 0.25) is 0 Å². The van der Waals surface area contributed by atoms with Crippen molar-refractivity contribution in [3.63, 3.8) is 0 Å². The number of rotatable bonds is 7. The molecule has 6 nitrogen and oxygen atoms in total. The number of hydrogen-bond acceptors (Lipinski definition) is 4. The average molecular weight is 420 g/mol. The molecule has 3 aromatic carbocycles. The topological polar surface area (TPSA) is 87.5 Å². The van der Waals surface area contributed by atoms with Gasteiger partial charge in [-0.25, -0.2) is 4.39 Å². The highest BCUT2D eigenvalue weighted by molar-refractivity contribution is 6.05. The smallest absolute Gasteiger partial charge is 0.255 e. The molecule has 0 spiro atoms. The standard InChI is InChI=1S/C24H25FN4O2/c1-3-29(4-2)24(31)16-5-10-20(11-6-16)28-23(30)17-7-14-21(26)22(15-17)27-19-12-8-18(25)9-13-19/h5-15,27H,3-4,26H2,1-2H3,(H,28,30). The van der Waals surface area contributed by atoms with Gasteiger partial charge in [-0.3, -0.25) is 9.59 Å². The molecule has 0 heterocycles. The second kappa shape index (κ2) is 9.75. The number of nitrogens with zero attached hydrogens (tertiary/aromatic N) is 1. The molecule has 0 aliphatic rings. The van der Waals surface area contributed by atoms with Crippen molar-refractivity contribution in [2.75, 3.05) is 29.5 Å². The number of carbonyl (C=O) groups excluding carboxylic acids is 2. The molecule has 0 radical (unpaired) electrons. The molecule has 0 fully saturated rings. The van der Waals surface area contributed by atoms with Gasteiger partial charge in [0.15, 0.2) is 0 Å². The molecule has 160 valence electrons. The highest BCUT2D eigenvalue weighted by Crippen LogP contribution is 2.25. The summed E-state index contributed by atoms with van der Waals surface area (Å²) in [6.45, 7) is 5.14. The first-order valence-electron chi connectivity index (χ1n) is 10.0. The zero-order chi connectivity index (χ0) is 22.4. The van der Waals surface area contributed by atoms with Gasteiger partial charge in [0.1, 0.15) is 5.82 Å². The lowest BCUT2D eigenvalue weighted by Gasteiger charge is -2.18. The number of anilines is 4. The molecule has 3 aromatic rings. The number of nitrogen functional groups attached to an aromatic ring is 1. The minimum absolute atomic E-state index is 0.0436. The first kappa shape index (κ1) is 21.8. The van der Waals surface area contributed by atoms with Crippen LogP contribution >= 0.6 is 0 Å². The Morgan fingerprint density at radius 1 is 0.871 bits per heavy atom. The van der Waals surface area contributed by atoms with Gasteiger partial charge in [-0.1, -0.05) is 0 Å². The third-order valence-electron chi connectivity index (χ3n) is 4.88. The summed E-state index contributed by atoms with van der Waals surface area (Å²) >= 11 is 0. The summed E-state index contributed by atoms with van der Waals surface area (Å²) in [5.41, 5.74) is 9.21. The maximum Gasteiger partial charge on any atom is 0.255 e. The molecular weight excluding hydrogens is 395 g/mol. The Bertz CT molecular complexity index is 1060. The summed E-state index contributed by atoms with van der Waals surface area (Å²) in [4.78, 5) is 26.8. The summed E-state index contributed by atoms with van der Waals surface area (Å²) in [5.74, 6) is -0.695. The van der Waals surface area contributed by atoms with E-state index in [1.807, 2.05) is 13.8 Å². The Balaban J connectivity index is 1.71. The van der Waals surface area contributed by atoms with Crippen LogP contribution in [-0.4, -0.2) is 29.8 Å². The van der Waals surface area contributed by atoms with Gasteiger partial charge in [-0.05, 0) is 80.6 Å². The fourth-order valence-electron chi connectivity index (χ4n) is 3.09. The zero-order valence-corrected chi connectivity index (χ0v) is 17.5. The number of nitrogens with one attached hydrogen (secondary N) is 2. The van der Waals surface area contributed by atoms with E-state index in [1.165, 1.54) is 12.1 Å². The highest BCUT2D eigenvalue weighted by atomic mass is 19.1.